The Morgan fingerprint density at radius 1 is 0.885 bits per heavy atom. The predicted octanol–water partition coefficient (Wildman–Crippen LogP) is 5.47. The number of hydrogen-bond donors (Lipinski definition) is 1. The van der Waals surface area contributed by atoms with Gasteiger partial charge in [-0.05, 0) is 59.7 Å². The lowest BCUT2D eigenvalue weighted by Crippen LogP contribution is -2.54. The highest BCUT2D eigenvalue weighted by atomic mass is 17.2. The smallest absolute Gasteiger partial charge is 0.196 e. The summed E-state index contributed by atoms with van der Waals surface area (Å²) in [5, 5.41) is 8.37. The summed E-state index contributed by atoms with van der Waals surface area (Å²) in [5.41, 5.74) is 0.405. The van der Waals surface area contributed by atoms with Crippen LogP contribution in [0.2, 0.25) is 0 Å². The molecule has 0 aromatic heterocycles. The van der Waals surface area contributed by atoms with Crippen LogP contribution in [-0.2, 0) is 14.5 Å². The summed E-state index contributed by atoms with van der Waals surface area (Å²) in [6, 6.07) is 19.2. The first kappa shape index (κ1) is 17.3. The number of fused-ring (bicyclic) bond motifs is 2. The standard InChI is InChI=1S/C22H25NO3/c1-14(2)20-24-21(22(3,4)26-25-20)23-19-10-9-17-11-15-7-5-6-8-16(15)12-18(17)13-19/h5-14,20-21,23H,1-4H3. The molecule has 0 spiro atoms. The summed E-state index contributed by atoms with van der Waals surface area (Å²) >= 11 is 0. The number of rotatable bonds is 3. The number of hydrogen-bond acceptors (Lipinski definition) is 4. The van der Waals surface area contributed by atoms with E-state index in [-0.39, 0.29) is 18.4 Å². The van der Waals surface area contributed by atoms with E-state index in [0.29, 0.717) is 0 Å². The van der Waals surface area contributed by atoms with Crippen molar-refractivity contribution in [1.82, 2.24) is 0 Å². The van der Waals surface area contributed by atoms with Crippen molar-refractivity contribution in [3.63, 3.8) is 0 Å². The molecule has 1 saturated heterocycles. The Bertz CT molecular complexity index is 935. The van der Waals surface area contributed by atoms with Gasteiger partial charge in [0.2, 0.25) is 0 Å². The van der Waals surface area contributed by atoms with E-state index in [1.807, 2.05) is 27.7 Å². The molecule has 1 heterocycles. The predicted molar refractivity (Wildman–Crippen MR) is 105 cm³/mol. The van der Waals surface area contributed by atoms with Gasteiger partial charge in [0.05, 0.1) is 0 Å². The van der Waals surface area contributed by atoms with E-state index in [1.165, 1.54) is 21.5 Å². The van der Waals surface area contributed by atoms with E-state index in [9.17, 15) is 0 Å². The fourth-order valence-corrected chi connectivity index (χ4v) is 3.19. The van der Waals surface area contributed by atoms with Crippen LogP contribution >= 0.6 is 0 Å². The maximum Gasteiger partial charge on any atom is 0.196 e. The molecule has 2 unspecified atom stereocenters. The van der Waals surface area contributed by atoms with Gasteiger partial charge in [-0.15, -0.1) is 0 Å². The summed E-state index contributed by atoms with van der Waals surface area (Å²) < 4.78 is 6.09. The normalized spacial score (nSPS) is 22.8. The largest absolute Gasteiger partial charge is 0.358 e. The van der Waals surface area contributed by atoms with Gasteiger partial charge >= 0.3 is 0 Å². The maximum atomic E-state index is 6.09. The Kier molecular flexibility index (Phi) is 4.35. The second kappa shape index (κ2) is 6.54. The van der Waals surface area contributed by atoms with Crippen LogP contribution in [0.1, 0.15) is 27.7 Å². The molecule has 136 valence electrons. The van der Waals surface area contributed by atoms with Crippen molar-refractivity contribution in [2.45, 2.75) is 45.8 Å². The lowest BCUT2D eigenvalue weighted by molar-refractivity contribution is -0.485. The molecule has 0 saturated carbocycles. The van der Waals surface area contributed by atoms with Crippen LogP contribution in [0.3, 0.4) is 0 Å². The lowest BCUT2D eigenvalue weighted by Gasteiger charge is -2.42. The summed E-state index contributed by atoms with van der Waals surface area (Å²) in [4.78, 5) is 11.0. The molecule has 4 heteroatoms. The Morgan fingerprint density at radius 3 is 2.23 bits per heavy atom. The van der Waals surface area contributed by atoms with Crippen molar-refractivity contribution in [3.8, 4) is 0 Å². The van der Waals surface area contributed by atoms with Gasteiger partial charge in [-0.1, -0.05) is 44.2 Å². The minimum absolute atomic E-state index is 0.207. The maximum absolute atomic E-state index is 6.09. The monoisotopic (exact) mass is 351 g/mol. The molecule has 0 amide bonds. The first-order valence-corrected chi connectivity index (χ1v) is 9.11. The average molecular weight is 351 g/mol. The Morgan fingerprint density at radius 2 is 1.54 bits per heavy atom. The molecule has 1 fully saturated rings. The molecule has 0 bridgehead atoms. The Balaban J connectivity index is 1.64. The van der Waals surface area contributed by atoms with E-state index in [1.54, 1.807) is 0 Å². The van der Waals surface area contributed by atoms with Crippen molar-refractivity contribution in [1.29, 1.82) is 0 Å². The molecular formula is C22H25NO3. The van der Waals surface area contributed by atoms with Gasteiger partial charge in [0.15, 0.2) is 12.5 Å². The van der Waals surface area contributed by atoms with Crippen LogP contribution in [0.25, 0.3) is 21.5 Å². The number of ether oxygens (including phenoxy) is 1. The van der Waals surface area contributed by atoms with Crippen molar-refractivity contribution in [3.05, 3.63) is 54.6 Å². The quantitative estimate of drug-likeness (QED) is 0.502. The van der Waals surface area contributed by atoms with Crippen molar-refractivity contribution >= 4 is 27.2 Å². The van der Waals surface area contributed by atoms with Gasteiger partial charge < -0.3 is 10.1 Å². The molecule has 1 aliphatic heterocycles. The number of benzene rings is 3. The van der Waals surface area contributed by atoms with Crippen molar-refractivity contribution < 1.29 is 14.5 Å². The SMILES string of the molecule is CC(C)C1OOC(C)(C)C(Nc2ccc3cc4ccccc4cc3c2)O1. The fraction of sp³-hybridized carbons (Fsp3) is 0.364. The van der Waals surface area contributed by atoms with Crippen LogP contribution in [0, 0.1) is 5.92 Å². The molecule has 1 N–H and O–H groups in total. The number of nitrogens with one attached hydrogen (secondary N) is 1. The van der Waals surface area contributed by atoms with Gasteiger partial charge in [-0.25, -0.2) is 9.78 Å². The molecule has 0 aliphatic carbocycles. The van der Waals surface area contributed by atoms with Crippen LogP contribution in [0.15, 0.2) is 54.6 Å². The highest BCUT2D eigenvalue weighted by Gasteiger charge is 2.41. The van der Waals surface area contributed by atoms with E-state index in [4.69, 9.17) is 14.5 Å². The fourth-order valence-electron chi connectivity index (χ4n) is 3.19. The first-order chi connectivity index (χ1) is 12.4. The minimum Gasteiger partial charge on any atom is -0.358 e. The van der Waals surface area contributed by atoms with Gasteiger partial charge in [-0.3, -0.25) is 0 Å². The Hall–Kier alpha value is -2.14. The lowest BCUT2D eigenvalue weighted by atomic mass is 10.0. The zero-order valence-corrected chi connectivity index (χ0v) is 15.7. The second-order valence-electron chi connectivity index (χ2n) is 7.82. The topological polar surface area (TPSA) is 39.7 Å². The van der Waals surface area contributed by atoms with Gasteiger partial charge in [0.25, 0.3) is 0 Å². The van der Waals surface area contributed by atoms with Crippen LogP contribution in [-0.4, -0.2) is 18.1 Å². The van der Waals surface area contributed by atoms with Gasteiger partial charge in [0.1, 0.15) is 5.60 Å². The van der Waals surface area contributed by atoms with E-state index in [2.05, 4.69) is 59.9 Å². The van der Waals surface area contributed by atoms with E-state index in [0.717, 1.165) is 5.69 Å². The molecule has 4 rings (SSSR count). The van der Waals surface area contributed by atoms with Crippen molar-refractivity contribution in [2.24, 2.45) is 5.92 Å². The van der Waals surface area contributed by atoms with Gasteiger partial charge in [0, 0.05) is 11.6 Å². The summed E-state index contributed by atoms with van der Waals surface area (Å²) in [7, 11) is 0. The van der Waals surface area contributed by atoms with Crippen LogP contribution in [0.4, 0.5) is 5.69 Å². The average Bonchev–Trinajstić information content (AvgIpc) is 2.61. The Labute approximate surface area is 154 Å². The van der Waals surface area contributed by atoms with Crippen molar-refractivity contribution in [2.75, 3.05) is 5.32 Å². The zero-order valence-electron chi connectivity index (χ0n) is 15.7. The zero-order chi connectivity index (χ0) is 18.3. The molecule has 4 nitrogen and oxygen atoms in total. The highest BCUT2D eigenvalue weighted by molar-refractivity contribution is 5.99. The summed E-state index contributed by atoms with van der Waals surface area (Å²) in [6.45, 7) is 8.00. The van der Waals surface area contributed by atoms with Crippen LogP contribution in [0.5, 0.6) is 0 Å². The molecular weight excluding hydrogens is 326 g/mol. The third-order valence-corrected chi connectivity index (χ3v) is 4.81. The molecule has 2 atom stereocenters. The van der Waals surface area contributed by atoms with E-state index >= 15 is 0 Å². The third kappa shape index (κ3) is 3.28. The second-order valence-corrected chi connectivity index (χ2v) is 7.82. The molecule has 26 heavy (non-hydrogen) atoms. The highest BCUT2D eigenvalue weighted by Crippen LogP contribution is 2.31. The van der Waals surface area contributed by atoms with E-state index < -0.39 is 5.60 Å². The van der Waals surface area contributed by atoms with Crippen LogP contribution < -0.4 is 5.32 Å². The minimum atomic E-state index is -0.594. The van der Waals surface area contributed by atoms with Gasteiger partial charge in [-0.2, -0.15) is 0 Å². The molecule has 3 aromatic rings. The summed E-state index contributed by atoms with van der Waals surface area (Å²) in [6.07, 6.45) is -0.688. The molecule has 3 aromatic carbocycles. The third-order valence-electron chi connectivity index (χ3n) is 4.81. The molecule has 1 aliphatic rings. The number of anilines is 1. The summed E-state index contributed by atoms with van der Waals surface area (Å²) in [5.74, 6) is 0.207. The molecule has 0 radical (unpaired) electrons. The first-order valence-electron chi connectivity index (χ1n) is 9.11.